The number of hydrogen-bond donors (Lipinski definition) is 0. The van der Waals surface area contributed by atoms with Crippen molar-refractivity contribution in [3.63, 3.8) is 0 Å². The molecule has 9 nitrogen and oxygen atoms in total. The fourth-order valence-corrected chi connectivity index (χ4v) is 3.03. The van der Waals surface area contributed by atoms with Crippen LogP contribution >= 0.6 is 0 Å². The van der Waals surface area contributed by atoms with Crippen LogP contribution < -0.4 is 9.64 Å². The maximum absolute atomic E-state index is 12.5. The van der Waals surface area contributed by atoms with E-state index >= 15 is 0 Å². The number of hydrogen-bond acceptors (Lipinski definition) is 7. The molecule has 174 valence electrons. The van der Waals surface area contributed by atoms with Crippen LogP contribution in [-0.4, -0.2) is 38.3 Å². The number of methoxy groups -OCH3 is 2. The summed E-state index contributed by atoms with van der Waals surface area (Å²) in [5.74, 6) is -0.280. The minimum absolute atomic E-state index is 0.0883. The number of amides is 1. The fraction of sp³-hybridized carbons (Fsp3) is 0.120. The molecule has 0 fully saturated rings. The van der Waals surface area contributed by atoms with Gasteiger partial charge in [-0.3, -0.25) is 15.0 Å². The zero-order valence-electron chi connectivity index (χ0n) is 18.8. The van der Waals surface area contributed by atoms with Crippen molar-refractivity contribution >= 4 is 29.5 Å². The van der Waals surface area contributed by atoms with E-state index in [0.29, 0.717) is 5.69 Å². The van der Waals surface area contributed by atoms with Gasteiger partial charge in [-0.15, -0.1) is 0 Å². The molecule has 0 N–H and O–H groups in total. The van der Waals surface area contributed by atoms with E-state index in [4.69, 9.17) is 9.47 Å². The van der Waals surface area contributed by atoms with Crippen LogP contribution in [0.3, 0.4) is 0 Å². The highest BCUT2D eigenvalue weighted by molar-refractivity contribution is 5.91. The van der Waals surface area contributed by atoms with Gasteiger partial charge in [0, 0.05) is 24.9 Å². The molecule has 0 radical (unpaired) electrons. The first-order valence-electron chi connectivity index (χ1n) is 10.1. The van der Waals surface area contributed by atoms with E-state index in [1.807, 2.05) is 42.5 Å². The summed E-state index contributed by atoms with van der Waals surface area (Å²) in [6.07, 6.45) is 0.940. The molecular weight excluding hydrogens is 440 g/mol. The summed E-state index contributed by atoms with van der Waals surface area (Å²) in [7, 11) is 4.25. The first kappa shape index (κ1) is 24.0. The van der Waals surface area contributed by atoms with Gasteiger partial charge >= 0.3 is 12.1 Å². The number of nitro groups is 1. The number of benzene rings is 3. The molecule has 1 amide bonds. The third-order valence-corrected chi connectivity index (χ3v) is 4.91. The van der Waals surface area contributed by atoms with Crippen molar-refractivity contribution in [2.45, 2.75) is 0 Å². The summed E-state index contributed by atoms with van der Waals surface area (Å²) < 4.78 is 15.0. The monoisotopic (exact) mass is 462 g/mol. The molecule has 0 aliphatic carbocycles. The summed E-state index contributed by atoms with van der Waals surface area (Å²) in [6.45, 7) is 0. The van der Waals surface area contributed by atoms with Gasteiger partial charge in [-0.25, -0.2) is 9.59 Å². The Balaban J connectivity index is 1.74. The Hall–Kier alpha value is -4.66. The first-order chi connectivity index (χ1) is 16.3. The number of carbonyl (C=O) groups excluding carboxylic acids is 2. The average molecular weight is 462 g/mol. The van der Waals surface area contributed by atoms with Gasteiger partial charge in [-0.1, -0.05) is 36.4 Å². The molecule has 0 aromatic heterocycles. The van der Waals surface area contributed by atoms with Crippen molar-refractivity contribution in [3.8, 4) is 16.9 Å². The lowest BCUT2D eigenvalue weighted by atomic mass is 10.0. The van der Waals surface area contributed by atoms with Crippen molar-refractivity contribution in [1.82, 2.24) is 0 Å². The maximum Gasteiger partial charge on any atom is 0.419 e. The zero-order chi connectivity index (χ0) is 24.7. The minimum atomic E-state index is -0.638. The number of non-ortho nitro benzene ring substituents is 1. The van der Waals surface area contributed by atoms with Crippen LogP contribution in [0.25, 0.3) is 17.2 Å². The first-order valence-corrected chi connectivity index (χ1v) is 10.1. The van der Waals surface area contributed by atoms with E-state index in [9.17, 15) is 19.7 Å². The van der Waals surface area contributed by atoms with Crippen LogP contribution in [0.15, 0.2) is 78.6 Å². The molecule has 3 rings (SSSR count). The van der Waals surface area contributed by atoms with Gasteiger partial charge in [0.15, 0.2) is 0 Å². The van der Waals surface area contributed by atoms with E-state index in [1.165, 1.54) is 43.4 Å². The summed E-state index contributed by atoms with van der Waals surface area (Å²) in [5, 5.41) is 10.8. The third-order valence-electron chi connectivity index (χ3n) is 4.91. The van der Waals surface area contributed by atoms with Crippen LogP contribution in [0.4, 0.5) is 16.2 Å². The molecule has 0 saturated heterocycles. The number of carbonyl (C=O) groups is 2. The van der Waals surface area contributed by atoms with Crippen LogP contribution in [0.2, 0.25) is 0 Å². The number of ether oxygens (including phenoxy) is 3. The van der Waals surface area contributed by atoms with Gasteiger partial charge in [0.25, 0.3) is 5.69 Å². The molecule has 0 spiro atoms. The molecule has 0 heterocycles. The van der Waals surface area contributed by atoms with Crippen LogP contribution in [-0.2, 0) is 14.3 Å². The molecule has 0 aliphatic rings. The number of esters is 1. The second-order valence-electron chi connectivity index (χ2n) is 7.05. The standard InChI is InChI=1S/C25H22N2O7/c1-26(25(29)34-22-13-11-20(12-14-22)27(30)31)21-6-4-5-19(16-21)18-9-7-17(8-10-18)15-23(32-2)24(28)33-3/h4-16H,1-3H3/b23-15-. The van der Waals surface area contributed by atoms with Gasteiger partial charge in [0.1, 0.15) is 5.75 Å². The van der Waals surface area contributed by atoms with Crippen molar-refractivity contribution in [2.75, 3.05) is 26.2 Å². The number of rotatable bonds is 7. The van der Waals surface area contributed by atoms with Crippen LogP contribution in [0.5, 0.6) is 5.75 Å². The zero-order valence-corrected chi connectivity index (χ0v) is 18.8. The number of nitrogens with zero attached hydrogens (tertiary/aromatic N) is 2. The van der Waals surface area contributed by atoms with E-state index in [2.05, 4.69) is 4.74 Å². The largest absolute Gasteiger partial charge is 0.490 e. The van der Waals surface area contributed by atoms with Crippen molar-refractivity contribution in [3.05, 3.63) is 94.2 Å². The van der Waals surface area contributed by atoms with E-state index in [1.54, 1.807) is 19.2 Å². The normalized spacial score (nSPS) is 10.9. The molecule has 0 aliphatic heterocycles. The average Bonchev–Trinajstić information content (AvgIpc) is 2.87. The summed E-state index contributed by atoms with van der Waals surface area (Å²) >= 11 is 0. The van der Waals surface area contributed by atoms with E-state index < -0.39 is 17.0 Å². The smallest absolute Gasteiger partial charge is 0.419 e. The molecule has 0 saturated carbocycles. The number of nitro benzene ring substituents is 1. The van der Waals surface area contributed by atoms with Crippen LogP contribution in [0, 0.1) is 10.1 Å². The Kier molecular flexibility index (Phi) is 7.60. The Morgan fingerprint density at radius 1 is 0.912 bits per heavy atom. The van der Waals surface area contributed by atoms with Gasteiger partial charge in [0.05, 0.1) is 19.1 Å². The predicted molar refractivity (Wildman–Crippen MR) is 126 cm³/mol. The molecule has 0 unspecified atom stereocenters. The highest BCUT2D eigenvalue weighted by Crippen LogP contribution is 2.26. The Morgan fingerprint density at radius 3 is 2.18 bits per heavy atom. The molecule has 0 atom stereocenters. The van der Waals surface area contributed by atoms with Crippen LogP contribution in [0.1, 0.15) is 5.56 Å². The van der Waals surface area contributed by atoms with Crippen molar-refractivity contribution in [1.29, 1.82) is 0 Å². The predicted octanol–water partition coefficient (Wildman–Crippen LogP) is 5.06. The highest BCUT2D eigenvalue weighted by atomic mass is 16.6. The molecule has 34 heavy (non-hydrogen) atoms. The van der Waals surface area contributed by atoms with Crippen molar-refractivity contribution in [2.24, 2.45) is 0 Å². The lowest BCUT2D eigenvalue weighted by Crippen LogP contribution is -2.29. The topological polar surface area (TPSA) is 108 Å². The minimum Gasteiger partial charge on any atom is -0.490 e. The second-order valence-corrected chi connectivity index (χ2v) is 7.05. The molecule has 0 bridgehead atoms. The van der Waals surface area contributed by atoms with Crippen molar-refractivity contribution < 1.29 is 28.7 Å². The fourth-order valence-electron chi connectivity index (χ4n) is 3.03. The highest BCUT2D eigenvalue weighted by Gasteiger charge is 2.15. The molecule has 3 aromatic carbocycles. The summed E-state index contributed by atoms with van der Waals surface area (Å²) in [5.41, 5.74) is 3.02. The summed E-state index contributed by atoms with van der Waals surface area (Å²) in [4.78, 5) is 35.8. The SMILES string of the molecule is COC(=O)/C(=C/c1ccc(-c2cccc(N(C)C(=O)Oc3ccc([N+](=O)[O-])cc3)c2)cc1)OC. The summed E-state index contributed by atoms with van der Waals surface area (Å²) in [6, 6.07) is 20.0. The lowest BCUT2D eigenvalue weighted by molar-refractivity contribution is -0.384. The molecule has 9 heteroatoms. The lowest BCUT2D eigenvalue weighted by Gasteiger charge is -2.18. The van der Waals surface area contributed by atoms with E-state index in [-0.39, 0.29) is 17.2 Å². The number of anilines is 1. The molecular formula is C25H22N2O7. The Morgan fingerprint density at radius 2 is 1.59 bits per heavy atom. The quantitative estimate of drug-likeness (QED) is 0.159. The maximum atomic E-state index is 12.5. The second kappa shape index (κ2) is 10.8. The Labute approximate surface area is 195 Å². The Bertz CT molecular complexity index is 1220. The van der Waals surface area contributed by atoms with Gasteiger partial charge < -0.3 is 14.2 Å². The van der Waals surface area contributed by atoms with Gasteiger partial charge in [-0.05, 0) is 47.0 Å². The molecule has 3 aromatic rings. The van der Waals surface area contributed by atoms with E-state index in [0.717, 1.165) is 16.7 Å². The van der Waals surface area contributed by atoms with Gasteiger partial charge in [0.2, 0.25) is 5.76 Å². The third kappa shape index (κ3) is 5.77. The van der Waals surface area contributed by atoms with Gasteiger partial charge in [-0.2, -0.15) is 0 Å².